The molecule has 1 saturated heterocycles. The van der Waals surface area contributed by atoms with Crippen molar-refractivity contribution in [1.82, 2.24) is 9.80 Å². The van der Waals surface area contributed by atoms with E-state index in [-0.39, 0.29) is 19.0 Å². The van der Waals surface area contributed by atoms with Crippen LogP contribution in [0.3, 0.4) is 0 Å². The summed E-state index contributed by atoms with van der Waals surface area (Å²) in [6.45, 7) is 3.79. The Labute approximate surface area is 116 Å². The Hall–Kier alpha value is -2.24. The number of carbonyl (C=O) groups excluding carboxylic acids is 3. The lowest BCUT2D eigenvalue weighted by molar-refractivity contribution is -0.143. The van der Waals surface area contributed by atoms with Crippen molar-refractivity contribution in [2.75, 3.05) is 6.54 Å². The molecule has 4 amide bonds. The maximum absolute atomic E-state index is 13.1. The second kappa shape index (κ2) is 5.40. The highest BCUT2D eigenvalue weighted by molar-refractivity contribution is 6.44. The molecule has 106 valence electrons. The number of hydrogen-bond acceptors (Lipinski definition) is 3. The maximum atomic E-state index is 13.1. The van der Waals surface area contributed by atoms with Crippen LogP contribution in [0.25, 0.3) is 0 Å². The van der Waals surface area contributed by atoms with Crippen LogP contribution in [0.15, 0.2) is 24.3 Å². The van der Waals surface area contributed by atoms with E-state index in [2.05, 4.69) is 0 Å². The van der Waals surface area contributed by atoms with Crippen LogP contribution >= 0.6 is 0 Å². The summed E-state index contributed by atoms with van der Waals surface area (Å²) >= 11 is 0. The Morgan fingerprint density at radius 1 is 1.10 bits per heavy atom. The fraction of sp³-hybridized carbons (Fsp3) is 0.357. The third-order valence-corrected chi connectivity index (χ3v) is 2.91. The Balaban J connectivity index is 2.18. The molecule has 1 fully saturated rings. The number of hydrogen-bond donors (Lipinski definition) is 0. The van der Waals surface area contributed by atoms with E-state index in [1.54, 1.807) is 6.07 Å². The van der Waals surface area contributed by atoms with Gasteiger partial charge in [-0.1, -0.05) is 26.0 Å². The third-order valence-electron chi connectivity index (χ3n) is 2.91. The summed E-state index contributed by atoms with van der Waals surface area (Å²) in [5.74, 6) is -2.06. The molecule has 1 aliphatic rings. The van der Waals surface area contributed by atoms with Gasteiger partial charge in [0.25, 0.3) is 0 Å². The van der Waals surface area contributed by atoms with Crippen LogP contribution in [0, 0.1) is 11.7 Å². The van der Waals surface area contributed by atoms with Gasteiger partial charge in [0.2, 0.25) is 0 Å². The van der Waals surface area contributed by atoms with Gasteiger partial charge in [0.05, 0.1) is 6.54 Å². The van der Waals surface area contributed by atoms with Gasteiger partial charge in [0.15, 0.2) is 0 Å². The Morgan fingerprint density at radius 2 is 1.75 bits per heavy atom. The molecule has 1 aliphatic heterocycles. The number of rotatable bonds is 4. The quantitative estimate of drug-likeness (QED) is 0.623. The number of carbonyl (C=O) groups is 3. The lowest BCUT2D eigenvalue weighted by Gasteiger charge is -2.17. The highest BCUT2D eigenvalue weighted by Gasteiger charge is 2.44. The van der Waals surface area contributed by atoms with E-state index in [1.165, 1.54) is 18.2 Å². The minimum Gasteiger partial charge on any atom is -0.263 e. The molecule has 0 radical (unpaired) electrons. The molecule has 0 bridgehead atoms. The van der Waals surface area contributed by atoms with Gasteiger partial charge >= 0.3 is 17.8 Å². The monoisotopic (exact) mass is 278 g/mol. The number of benzene rings is 1. The summed E-state index contributed by atoms with van der Waals surface area (Å²) in [5, 5.41) is 0. The molecule has 1 heterocycles. The normalized spacial score (nSPS) is 15.7. The van der Waals surface area contributed by atoms with Gasteiger partial charge < -0.3 is 0 Å². The first-order valence-electron chi connectivity index (χ1n) is 6.32. The van der Waals surface area contributed by atoms with Crippen LogP contribution in [0.1, 0.15) is 19.4 Å². The second-order valence-corrected chi connectivity index (χ2v) is 5.11. The molecule has 0 aliphatic carbocycles. The van der Waals surface area contributed by atoms with Gasteiger partial charge in [-0.25, -0.2) is 9.18 Å². The summed E-state index contributed by atoms with van der Waals surface area (Å²) in [4.78, 5) is 37.4. The molecule has 0 saturated carbocycles. The van der Waals surface area contributed by atoms with Crippen LogP contribution in [-0.4, -0.2) is 34.2 Å². The van der Waals surface area contributed by atoms with Crippen molar-refractivity contribution in [3.05, 3.63) is 35.6 Å². The number of amides is 4. The van der Waals surface area contributed by atoms with Crippen molar-refractivity contribution in [3.63, 3.8) is 0 Å². The van der Waals surface area contributed by atoms with E-state index in [1.807, 2.05) is 13.8 Å². The number of halogens is 1. The average molecular weight is 278 g/mol. The lowest BCUT2D eigenvalue weighted by Crippen LogP contribution is -2.35. The summed E-state index contributed by atoms with van der Waals surface area (Å²) in [5.41, 5.74) is 0.464. The molecular formula is C14H15FN2O3. The van der Waals surface area contributed by atoms with Crippen molar-refractivity contribution < 1.29 is 18.8 Å². The van der Waals surface area contributed by atoms with E-state index >= 15 is 0 Å². The SMILES string of the molecule is CC(C)CN1C(=O)C(=O)N(Cc2cccc(F)c2)C1=O. The first kappa shape index (κ1) is 14.2. The van der Waals surface area contributed by atoms with Gasteiger partial charge in [0, 0.05) is 6.54 Å². The van der Waals surface area contributed by atoms with Crippen LogP contribution in [0.5, 0.6) is 0 Å². The van der Waals surface area contributed by atoms with Crippen molar-refractivity contribution in [1.29, 1.82) is 0 Å². The fourth-order valence-corrected chi connectivity index (χ4v) is 2.03. The van der Waals surface area contributed by atoms with E-state index in [4.69, 9.17) is 0 Å². The summed E-state index contributed by atoms with van der Waals surface area (Å²) in [6, 6.07) is 4.95. The second-order valence-electron chi connectivity index (χ2n) is 5.11. The van der Waals surface area contributed by atoms with Crippen LogP contribution in [0.4, 0.5) is 9.18 Å². The fourth-order valence-electron chi connectivity index (χ4n) is 2.03. The largest absolute Gasteiger partial charge is 0.334 e. The smallest absolute Gasteiger partial charge is 0.263 e. The molecule has 1 aromatic carbocycles. The van der Waals surface area contributed by atoms with Crippen molar-refractivity contribution in [3.8, 4) is 0 Å². The molecule has 6 heteroatoms. The Kier molecular flexibility index (Phi) is 3.83. The van der Waals surface area contributed by atoms with Gasteiger partial charge in [-0.05, 0) is 23.6 Å². The maximum Gasteiger partial charge on any atom is 0.334 e. The van der Waals surface area contributed by atoms with E-state index in [0.29, 0.717) is 5.56 Å². The Bertz CT molecular complexity index is 571. The van der Waals surface area contributed by atoms with E-state index < -0.39 is 23.7 Å². The van der Waals surface area contributed by atoms with Gasteiger partial charge in [-0.3, -0.25) is 19.4 Å². The Morgan fingerprint density at radius 3 is 2.35 bits per heavy atom. The third kappa shape index (κ3) is 2.68. The molecule has 0 aromatic heterocycles. The summed E-state index contributed by atoms with van der Waals surface area (Å²) in [7, 11) is 0. The molecule has 0 atom stereocenters. The van der Waals surface area contributed by atoms with Gasteiger partial charge in [-0.15, -0.1) is 0 Å². The highest BCUT2D eigenvalue weighted by atomic mass is 19.1. The molecule has 5 nitrogen and oxygen atoms in total. The molecule has 20 heavy (non-hydrogen) atoms. The zero-order valence-electron chi connectivity index (χ0n) is 11.3. The lowest BCUT2D eigenvalue weighted by atomic mass is 10.2. The van der Waals surface area contributed by atoms with E-state index in [0.717, 1.165) is 9.80 Å². The number of urea groups is 1. The predicted molar refractivity (Wildman–Crippen MR) is 68.9 cm³/mol. The molecule has 1 aromatic rings. The standard InChI is InChI=1S/C14H15FN2O3/c1-9(2)7-16-12(18)13(19)17(14(16)20)8-10-4-3-5-11(15)6-10/h3-6,9H,7-8H2,1-2H3. The first-order valence-corrected chi connectivity index (χ1v) is 6.32. The highest BCUT2D eigenvalue weighted by Crippen LogP contribution is 2.17. The molecule has 0 unspecified atom stereocenters. The topological polar surface area (TPSA) is 57.7 Å². The summed E-state index contributed by atoms with van der Waals surface area (Å²) < 4.78 is 13.1. The number of imide groups is 2. The minimum absolute atomic E-state index is 0.0739. The van der Waals surface area contributed by atoms with Crippen LogP contribution in [-0.2, 0) is 16.1 Å². The molecule has 2 rings (SSSR count). The molecule has 0 N–H and O–H groups in total. The average Bonchev–Trinajstić information content (AvgIpc) is 2.56. The van der Waals surface area contributed by atoms with Crippen molar-refractivity contribution >= 4 is 17.8 Å². The van der Waals surface area contributed by atoms with Crippen LogP contribution in [0.2, 0.25) is 0 Å². The zero-order chi connectivity index (χ0) is 14.9. The van der Waals surface area contributed by atoms with Crippen molar-refractivity contribution in [2.45, 2.75) is 20.4 Å². The number of nitrogens with zero attached hydrogens (tertiary/aromatic N) is 2. The molecular weight excluding hydrogens is 263 g/mol. The molecule has 0 spiro atoms. The summed E-state index contributed by atoms with van der Waals surface area (Å²) in [6.07, 6.45) is 0. The minimum atomic E-state index is -0.861. The van der Waals surface area contributed by atoms with Crippen molar-refractivity contribution in [2.24, 2.45) is 5.92 Å². The van der Waals surface area contributed by atoms with Gasteiger partial charge in [0.1, 0.15) is 5.82 Å². The van der Waals surface area contributed by atoms with Gasteiger partial charge in [-0.2, -0.15) is 0 Å². The van der Waals surface area contributed by atoms with E-state index in [9.17, 15) is 18.8 Å². The van der Waals surface area contributed by atoms with Crippen LogP contribution < -0.4 is 0 Å². The zero-order valence-corrected chi connectivity index (χ0v) is 11.3. The predicted octanol–water partition coefficient (Wildman–Crippen LogP) is 1.77. The first-order chi connectivity index (χ1) is 9.40.